The van der Waals surface area contributed by atoms with Crippen molar-refractivity contribution in [3.63, 3.8) is 0 Å². The van der Waals surface area contributed by atoms with E-state index in [9.17, 15) is 92.3 Å². The standard InChI is InChI=1S/C64H102N22O19/c1-33(2)26-44(52(66)95)82-57(100)40(10-5-6-22-65)79-56(99)41(12-8-24-73-64(69)70)81-61(104)48-13-9-25-86(48)62(105)43(19-21-51(93)94)78-49(90)30-74-54(97)45(27-36-14-16-38(89)17-15-36)83-53(96)34(3)76-60(103)47(31-87)85-59(102)46(28-37-29-71-32-75-37)84-58(101)42(18-20-50(91)92)80-55(98)39(77-35(4)88)11-7-23-72-63(67)68/h14-17,29,32-34,39-48,87,89H,5-13,18-28,30-31,65H2,1-4H3,(H2,66,95)(H,71,75)(H,74,97)(H,76,103)(H,77,88)(H,78,90)(H,79,99)(H,80,98)(H,81,104)(H,82,100)(H,83,96)(H,84,101)(H,85,102)(H,91,92)(H,93,94)(H4,67,68,72)(H4,69,70,73)/t34-,39-,40-,41-,42-,43-,44-,45-,46-,47-,48-/m0/s1. The van der Waals surface area contributed by atoms with Crippen molar-refractivity contribution < 1.29 is 92.3 Å². The number of phenols is 1. The number of aliphatic hydroxyl groups is 1. The highest BCUT2D eigenvalue weighted by Crippen LogP contribution is 2.21. The van der Waals surface area contributed by atoms with Gasteiger partial charge in [-0.25, -0.2) is 4.98 Å². The van der Waals surface area contributed by atoms with E-state index in [1.807, 2.05) is 13.8 Å². The molecule has 41 nitrogen and oxygen atoms in total. The Morgan fingerprint density at radius 2 is 1.06 bits per heavy atom. The number of carbonyl (C=O) groups is 15. The molecule has 0 radical (unpaired) electrons. The molecule has 105 heavy (non-hydrogen) atoms. The first-order valence-electron chi connectivity index (χ1n) is 34.1. The van der Waals surface area contributed by atoms with Gasteiger partial charge in [-0.05, 0) is 114 Å². The molecule has 0 spiro atoms. The number of benzene rings is 1. The summed E-state index contributed by atoms with van der Waals surface area (Å²) in [5.41, 5.74) is 33.7. The molecule has 1 saturated heterocycles. The number of primary amides is 1. The van der Waals surface area contributed by atoms with Crippen LogP contribution in [0.2, 0.25) is 0 Å². The normalized spacial score (nSPS) is 15.3. The van der Waals surface area contributed by atoms with E-state index in [0.29, 0.717) is 18.4 Å². The van der Waals surface area contributed by atoms with Gasteiger partial charge in [-0.15, -0.1) is 0 Å². The summed E-state index contributed by atoms with van der Waals surface area (Å²) in [6.07, 6.45) is 1.03. The first kappa shape index (κ1) is 88.0. The maximum Gasteiger partial charge on any atom is 0.303 e. The lowest BCUT2D eigenvalue weighted by Crippen LogP contribution is -2.60. The average Bonchev–Trinajstić information content (AvgIpc) is 1.73. The summed E-state index contributed by atoms with van der Waals surface area (Å²) >= 11 is 0. The molecule has 1 aliphatic heterocycles. The lowest BCUT2D eigenvalue weighted by atomic mass is 10.0. The van der Waals surface area contributed by atoms with Crippen molar-refractivity contribution in [1.29, 1.82) is 0 Å². The molecule has 0 unspecified atom stereocenters. The number of aliphatic imine (C=N–C) groups is 2. The zero-order valence-electron chi connectivity index (χ0n) is 59.1. The highest BCUT2D eigenvalue weighted by molar-refractivity contribution is 6.00. The summed E-state index contributed by atoms with van der Waals surface area (Å²) in [5, 5.41) is 66.7. The van der Waals surface area contributed by atoms with Crippen molar-refractivity contribution >= 4 is 101 Å². The van der Waals surface area contributed by atoms with Gasteiger partial charge in [0, 0.05) is 64.1 Å². The summed E-state index contributed by atoms with van der Waals surface area (Å²) in [7, 11) is 0. The average molecular weight is 1480 g/mol. The van der Waals surface area contributed by atoms with Gasteiger partial charge in [0.1, 0.15) is 72.2 Å². The van der Waals surface area contributed by atoms with Crippen LogP contribution >= 0.6 is 0 Å². The number of hydrogen-bond donors (Lipinski definition) is 22. The number of phenolic OH excluding ortho intramolecular Hbond substituents is 1. The number of amides is 13. The van der Waals surface area contributed by atoms with Crippen LogP contribution < -0.4 is 92.9 Å². The molecule has 0 aliphatic carbocycles. The molecule has 0 saturated carbocycles. The fourth-order valence-electron chi connectivity index (χ4n) is 10.8. The van der Waals surface area contributed by atoms with Gasteiger partial charge in [0.25, 0.3) is 0 Å². The van der Waals surface area contributed by atoms with Crippen molar-refractivity contribution in [3.05, 3.63) is 48.0 Å². The summed E-state index contributed by atoms with van der Waals surface area (Å²) < 4.78 is 0. The predicted octanol–water partition coefficient (Wildman–Crippen LogP) is -7.61. The van der Waals surface area contributed by atoms with E-state index in [1.165, 1.54) is 43.7 Å². The van der Waals surface area contributed by atoms with Gasteiger partial charge in [-0.1, -0.05) is 26.0 Å². The van der Waals surface area contributed by atoms with Crippen LogP contribution in [0.15, 0.2) is 46.8 Å². The molecular formula is C64H102N22O19. The molecule has 2 heterocycles. The largest absolute Gasteiger partial charge is 0.508 e. The van der Waals surface area contributed by atoms with Gasteiger partial charge < -0.3 is 123 Å². The Labute approximate surface area is 604 Å². The number of nitrogens with two attached hydrogens (primary N) is 6. The number of aliphatic hydroxyl groups excluding tert-OH is 1. The van der Waals surface area contributed by atoms with Crippen LogP contribution in [0.5, 0.6) is 5.75 Å². The molecule has 41 heteroatoms. The first-order chi connectivity index (χ1) is 49.6. The molecule has 582 valence electrons. The summed E-state index contributed by atoms with van der Waals surface area (Å²) in [6, 6.07) is -10.8. The zero-order valence-corrected chi connectivity index (χ0v) is 59.1. The number of hydrogen-bond acceptors (Lipinski definition) is 21. The highest BCUT2D eigenvalue weighted by Gasteiger charge is 2.41. The molecule has 2 aromatic rings. The Kier molecular flexibility index (Phi) is 38.3. The number of aromatic nitrogens is 2. The number of rotatable bonds is 48. The first-order valence-corrected chi connectivity index (χ1v) is 34.1. The SMILES string of the molecule is CC(=O)N[C@@H](CCCN=C(N)N)C(=O)N[C@@H](CCC(=O)O)C(=O)N[C@@H](Cc1cnc[nH]1)C(=O)N[C@@H](CO)C(=O)N[C@@H](C)C(=O)N[C@@H](Cc1ccc(O)cc1)C(=O)NCC(=O)N[C@@H](CCC(=O)O)C(=O)N1CCC[C@H]1C(=O)N[C@@H](CCCN=C(N)N)C(=O)N[C@@H](CCCCN)C(=O)N[C@@H](CC(C)C)C(N)=O. The molecular weight excluding hydrogens is 1380 g/mol. The second-order valence-electron chi connectivity index (χ2n) is 25.4. The molecule has 11 atom stereocenters. The van der Waals surface area contributed by atoms with E-state index in [-0.39, 0.29) is 120 Å². The van der Waals surface area contributed by atoms with Crippen LogP contribution in [0, 0.1) is 5.92 Å². The third-order valence-corrected chi connectivity index (χ3v) is 16.2. The monoisotopic (exact) mass is 1480 g/mol. The Morgan fingerprint density at radius 3 is 1.57 bits per heavy atom. The van der Waals surface area contributed by atoms with Crippen molar-refractivity contribution in [1.82, 2.24) is 73.4 Å². The Morgan fingerprint density at radius 1 is 0.571 bits per heavy atom. The quantitative estimate of drug-likeness (QED) is 0.0166. The van der Waals surface area contributed by atoms with Crippen LogP contribution in [-0.2, 0) is 84.8 Å². The lowest BCUT2D eigenvalue weighted by Gasteiger charge is -2.30. The number of H-pyrrole nitrogens is 1. The Hall–Kier alpha value is -11.3. The minimum absolute atomic E-state index is 0.0139. The molecule has 1 aromatic carbocycles. The number of aromatic hydroxyl groups is 1. The summed E-state index contributed by atoms with van der Waals surface area (Å²) in [5.74, 6) is -15.6. The van der Waals surface area contributed by atoms with E-state index in [4.69, 9.17) is 34.4 Å². The molecule has 1 aliphatic rings. The van der Waals surface area contributed by atoms with E-state index in [1.54, 1.807) is 0 Å². The minimum Gasteiger partial charge on any atom is -0.508 e. The number of aromatic amines is 1. The summed E-state index contributed by atoms with van der Waals surface area (Å²) in [6.45, 7) is 4.18. The highest BCUT2D eigenvalue weighted by atomic mass is 16.4. The van der Waals surface area contributed by atoms with Crippen molar-refractivity contribution in [2.75, 3.05) is 39.3 Å². The van der Waals surface area contributed by atoms with Gasteiger partial charge in [0.05, 0.1) is 19.5 Å². The van der Waals surface area contributed by atoms with Crippen LogP contribution in [-0.4, -0.2) is 242 Å². The molecule has 28 N–H and O–H groups in total. The number of nitrogens with one attached hydrogen (secondary N) is 12. The number of nitrogens with zero attached hydrogens (tertiary/aromatic N) is 4. The molecule has 1 fully saturated rings. The number of carboxylic acid groups (broad SMARTS) is 2. The molecule has 13 amide bonds. The van der Waals surface area contributed by atoms with Crippen LogP contribution in [0.25, 0.3) is 0 Å². The van der Waals surface area contributed by atoms with Crippen molar-refractivity contribution in [2.24, 2.45) is 50.3 Å². The number of imidazole rings is 1. The fraction of sp³-hybridized carbons (Fsp3) is 0.594. The number of carboxylic acids is 2. The van der Waals surface area contributed by atoms with E-state index >= 15 is 0 Å². The van der Waals surface area contributed by atoms with E-state index in [0.717, 1.165) is 11.8 Å². The van der Waals surface area contributed by atoms with E-state index < -0.39 is 194 Å². The minimum atomic E-state index is -1.86. The third-order valence-electron chi connectivity index (χ3n) is 16.2. The van der Waals surface area contributed by atoms with Crippen LogP contribution in [0.1, 0.15) is 129 Å². The number of carbonyl (C=O) groups excluding carboxylic acids is 13. The van der Waals surface area contributed by atoms with Crippen molar-refractivity contribution in [3.8, 4) is 5.75 Å². The molecule has 0 bridgehead atoms. The zero-order chi connectivity index (χ0) is 78.5. The maximum absolute atomic E-state index is 14.5. The number of likely N-dealkylation sites (tertiary alicyclic amines) is 1. The van der Waals surface area contributed by atoms with Gasteiger partial charge in [-0.3, -0.25) is 81.9 Å². The Balaban J connectivity index is 1.83. The van der Waals surface area contributed by atoms with Gasteiger partial charge in [0.15, 0.2) is 11.9 Å². The van der Waals surface area contributed by atoms with Gasteiger partial charge in [0.2, 0.25) is 76.8 Å². The molecule has 1 aromatic heterocycles. The fourth-order valence-corrected chi connectivity index (χ4v) is 10.8. The second-order valence-corrected chi connectivity index (χ2v) is 25.4. The van der Waals surface area contributed by atoms with Crippen molar-refractivity contribution in [2.45, 2.75) is 197 Å². The topological polar surface area (TPSA) is 682 Å². The predicted molar refractivity (Wildman–Crippen MR) is 375 cm³/mol. The van der Waals surface area contributed by atoms with Gasteiger partial charge >= 0.3 is 11.9 Å². The number of aliphatic carboxylic acids is 2. The smallest absolute Gasteiger partial charge is 0.303 e. The Bertz CT molecular complexity index is 3350. The van der Waals surface area contributed by atoms with Crippen LogP contribution in [0.4, 0.5) is 0 Å². The summed E-state index contributed by atoms with van der Waals surface area (Å²) in [4.78, 5) is 217. The van der Waals surface area contributed by atoms with Gasteiger partial charge in [-0.2, -0.15) is 0 Å². The van der Waals surface area contributed by atoms with Crippen LogP contribution in [0.3, 0.4) is 0 Å². The second kappa shape index (κ2) is 45.7. The number of guanidine groups is 2. The maximum atomic E-state index is 14.5. The molecule has 3 rings (SSSR count). The number of unbranched alkanes of at least 4 members (excludes halogenated alkanes) is 1. The third kappa shape index (κ3) is 33.2. The lowest BCUT2D eigenvalue weighted by molar-refractivity contribution is -0.143. The van der Waals surface area contributed by atoms with E-state index in [2.05, 4.69) is 78.4 Å².